The fraction of sp³-hybridized carbons (Fsp3) is 0.571. The van der Waals surface area contributed by atoms with E-state index in [0.29, 0.717) is 19.1 Å². The molecule has 1 aromatic rings. The van der Waals surface area contributed by atoms with Gasteiger partial charge < -0.3 is 14.6 Å². The second kappa shape index (κ2) is 5.10. The summed E-state index contributed by atoms with van der Waals surface area (Å²) in [7, 11) is 0. The van der Waals surface area contributed by atoms with Crippen LogP contribution in [-0.4, -0.2) is 18.3 Å². The number of rotatable bonds is 2. The molecule has 3 nitrogen and oxygen atoms in total. The Balaban J connectivity index is 1.92. The van der Waals surface area contributed by atoms with Crippen LogP contribution in [0, 0.1) is 5.92 Å². The van der Waals surface area contributed by atoms with Crippen molar-refractivity contribution in [3.8, 4) is 11.5 Å². The van der Waals surface area contributed by atoms with Crippen molar-refractivity contribution >= 4 is 15.9 Å². The van der Waals surface area contributed by atoms with E-state index in [1.165, 1.54) is 6.42 Å². The van der Waals surface area contributed by atoms with E-state index in [9.17, 15) is 5.11 Å². The molecule has 1 unspecified atom stereocenters. The van der Waals surface area contributed by atoms with Crippen LogP contribution in [0.4, 0.5) is 0 Å². The van der Waals surface area contributed by atoms with E-state index in [4.69, 9.17) is 9.47 Å². The molecule has 0 aromatic heterocycles. The largest absolute Gasteiger partial charge is 0.490 e. The first-order valence-corrected chi connectivity index (χ1v) is 7.32. The molecular weight excluding hydrogens is 296 g/mol. The Kier molecular flexibility index (Phi) is 3.48. The Morgan fingerprint density at radius 2 is 1.78 bits per heavy atom. The first kappa shape index (κ1) is 12.3. The van der Waals surface area contributed by atoms with Crippen molar-refractivity contribution < 1.29 is 14.6 Å². The molecule has 4 heteroatoms. The van der Waals surface area contributed by atoms with Gasteiger partial charge in [0.25, 0.3) is 0 Å². The highest BCUT2D eigenvalue weighted by molar-refractivity contribution is 9.10. The maximum atomic E-state index is 10.4. The Bertz CT molecular complexity index is 443. The zero-order valence-electron chi connectivity index (χ0n) is 10.2. The predicted octanol–water partition coefficient (Wildman–Crippen LogP) is 3.44. The average Bonchev–Trinajstić information content (AvgIpc) is 2.50. The maximum absolute atomic E-state index is 10.4. The van der Waals surface area contributed by atoms with Crippen LogP contribution in [0.2, 0.25) is 0 Å². The van der Waals surface area contributed by atoms with E-state index in [2.05, 4.69) is 15.9 Å². The summed E-state index contributed by atoms with van der Waals surface area (Å²) in [5.74, 6) is 1.92. The molecule has 1 aromatic carbocycles. The Hall–Kier alpha value is -0.740. The lowest BCUT2D eigenvalue weighted by atomic mass is 9.79. The number of hydrogen-bond acceptors (Lipinski definition) is 3. The second-order valence-corrected chi connectivity index (χ2v) is 5.86. The molecule has 1 heterocycles. The van der Waals surface area contributed by atoms with Crippen molar-refractivity contribution in [3.63, 3.8) is 0 Å². The third kappa shape index (κ3) is 2.24. The minimum absolute atomic E-state index is 0.394. The van der Waals surface area contributed by atoms with Crippen LogP contribution in [0.3, 0.4) is 0 Å². The fourth-order valence-corrected chi connectivity index (χ4v) is 2.99. The monoisotopic (exact) mass is 312 g/mol. The number of benzene rings is 1. The molecule has 0 saturated heterocycles. The number of halogens is 1. The van der Waals surface area contributed by atoms with Gasteiger partial charge in [-0.25, -0.2) is 0 Å². The van der Waals surface area contributed by atoms with Crippen LogP contribution >= 0.6 is 15.9 Å². The van der Waals surface area contributed by atoms with E-state index in [0.717, 1.165) is 40.8 Å². The van der Waals surface area contributed by atoms with Crippen molar-refractivity contribution in [2.75, 3.05) is 13.2 Å². The minimum Gasteiger partial charge on any atom is -0.490 e. The molecule has 0 amide bonds. The van der Waals surface area contributed by atoms with Gasteiger partial charge in [-0.2, -0.15) is 0 Å². The number of ether oxygens (including phenoxy) is 2. The summed E-state index contributed by atoms with van der Waals surface area (Å²) in [6.07, 6.45) is 3.95. The Morgan fingerprint density at radius 1 is 1.11 bits per heavy atom. The van der Waals surface area contributed by atoms with E-state index in [-0.39, 0.29) is 0 Å². The molecular formula is C14H17BrO3. The third-order valence-electron chi connectivity index (χ3n) is 3.78. The van der Waals surface area contributed by atoms with Crippen molar-refractivity contribution in [1.82, 2.24) is 0 Å². The number of hydrogen-bond donors (Lipinski definition) is 1. The lowest BCUT2D eigenvalue weighted by Crippen LogP contribution is -2.20. The van der Waals surface area contributed by atoms with Crippen molar-refractivity contribution in [1.29, 1.82) is 0 Å². The van der Waals surface area contributed by atoms with Crippen LogP contribution in [0.5, 0.6) is 11.5 Å². The highest BCUT2D eigenvalue weighted by Crippen LogP contribution is 2.43. The Labute approximate surface area is 115 Å². The zero-order valence-corrected chi connectivity index (χ0v) is 11.8. The van der Waals surface area contributed by atoms with Gasteiger partial charge in [-0.05, 0) is 36.5 Å². The lowest BCUT2D eigenvalue weighted by molar-refractivity contribution is 0.0613. The van der Waals surface area contributed by atoms with Gasteiger partial charge in [0.2, 0.25) is 0 Å². The van der Waals surface area contributed by atoms with E-state index in [1.807, 2.05) is 12.1 Å². The van der Waals surface area contributed by atoms with Gasteiger partial charge in [0.1, 0.15) is 0 Å². The quantitative estimate of drug-likeness (QED) is 0.909. The van der Waals surface area contributed by atoms with Crippen molar-refractivity contribution in [2.24, 2.45) is 5.92 Å². The number of aliphatic hydroxyl groups excluding tert-OH is 1. The average molecular weight is 313 g/mol. The van der Waals surface area contributed by atoms with Gasteiger partial charge in [0.15, 0.2) is 11.5 Å². The second-order valence-electron chi connectivity index (χ2n) is 5.01. The molecule has 18 heavy (non-hydrogen) atoms. The molecule has 1 aliphatic carbocycles. The SMILES string of the molecule is OC(c1cc2c(cc1Br)OCCCO2)C1CCC1. The van der Waals surface area contributed by atoms with Crippen molar-refractivity contribution in [2.45, 2.75) is 31.8 Å². The molecule has 98 valence electrons. The molecule has 1 aliphatic heterocycles. The summed E-state index contributed by atoms with van der Waals surface area (Å²) in [6, 6.07) is 3.84. The summed E-state index contributed by atoms with van der Waals surface area (Å²) in [6.45, 7) is 1.36. The molecule has 0 bridgehead atoms. The van der Waals surface area contributed by atoms with E-state index in [1.54, 1.807) is 0 Å². The highest BCUT2D eigenvalue weighted by atomic mass is 79.9. The van der Waals surface area contributed by atoms with Crippen LogP contribution < -0.4 is 9.47 Å². The Morgan fingerprint density at radius 3 is 2.39 bits per heavy atom. The number of fused-ring (bicyclic) bond motifs is 1. The van der Waals surface area contributed by atoms with Gasteiger partial charge >= 0.3 is 0 Å². The van der Waals surface area contributed by atoms with E-state index >= 15 is 0 Å². The normalized spacial score (nSPS) is 21.0. The van der Waals surface area contributed by atoms with Crippen molar-refractivity contribution in [3.05, 3.63) is 22.2 Å². The summed E-state index contributed by atoms with van der Waals surface area (Å²) in [4.78, 5) is 0. The zero-order chi connectivity index (χ0) is 12.5. The van der Waals surface area contributed by atoms with Gasteiger partial charge in [0, 0.05) is 10.9 Å². The smallest absolute Gasteiger partial charge is 0.162 e. The first-order valence-electron chi connectivity index (χ1n) is 6.53. The highest BCUT2D eigenvalue weighted by Gasteiger charge is 2.29. The van der Waals surface area contributed by atoms with Gasteiger partial charge in [0.05, 0.1) is 19.3 Å². The predicted molar refractivity (Wildman–Crippen MR) is 72.0 cm³/mol. The first-order chi connectivity index (χ1) is 8.75. The molecule has 1 atom stereocenters. The standard InChI is InChI=1S/C14H17BrO3/c15-11-8-13-12(17-5-2-6-18-13)7-10(11)14(16)9-3-1-4-9/h7-9,14,16H,1-6H2. The van der Waals surface area contributed by atoms with Gasteiger partial charge in [-0.15, -0.1) is 0 Å². The van der Waals surface area contributed by atoms with Crippen LogP contribution in [0.1, 0.15) is 37.4 Å². The van der Waals surface area contributed by atoms with Gasteiger partial charge in [-0.1, -0.05) is 22.4 Å². The molecule has 2 aliphatic rings. The fourth-order valence-electron chi connectivity index (χ4n) is 2.44. The topological polar surface area (TPSA) is 38.7 Å². The van der Waals surface area contributed by atoms with Gasteiger partial charge in [-0.3, -0.25) is 0 Å². The maximum Gasteiger partial charge on any atom is 0.162 e. The summed E-state index contributed by atoms with van der Waals surface area (Å²) < 4.78 is 12.2. The summed E-state index contributed by atoms with van der Waals surface area (Å²) >= 11 is 3.53. The third-order valence-corrected chi connectivity index (χ3v) is 4.47. The van der Waals surface area contributed by atoms with Crippen LogP contribution in [0.15, 0.2) is 16.6 Å². The summed E-state index contributed by atoms with van der Waals surface area (Å²) in [5.41, 5.74) is 0.920. The molecule has 0 radical (unpaired) electrons. The molecule has 1 saturated carbocycles. The van der Waals surface area contributed by atoms with Crippen LogP contribution in [0.25, 0.3) is 0 Å². The molecule has 1 N–H and O–H groups in total. The lowest BCUT2D eigenvalue weighted by Gasteiger charge is -2.31. The minimum atomic E-state index is -0.398. The molecule has 0 spiro atoms. The van der Waals surface area contributed by atoms with E-state index < -0.39 is 6.10 Å². The molecule has 1 fully saturated rings. The number of aliphatic hydroxyl groups is 1. The molecule has 3 rings (SSSR count). The van der Waals surface area contributed by atoms with Crippen LogP contribution in [-0.2, 0) is 0 Å². The summed E-state index contributed by atoms with van der Waals surface area (Å²) in [5, 5.41) is 10.4.